The molecule has 1 aliphatic rings. The van der Waals surface area contributed by atoms with E-state index in [1.165, 1.54) is 36.5 Å². The van der Waals surface area contributed by atoms with E-state index >= 15 is 0 Å². The molecule has 0 fully saturated rings. The van der Waals surface area contributed by atoms with Crippen LogP contribution < -0.4 is 0 Å². The highest BCUT2D eigenvalue weighted by atomic mass is 127. The largest absolute Gasteiger partial charge is 0.377 e. The summed E-state index contributed by atoms with van der Waals surface area (Å²) in [4.78, 5) is 0. The number of ether oxygens (including phenoxy) is 1. The first kappa shape index (κ1) is 10.5. The average molecular weight is 280 g/mol. The van der Waals surface area contributed by atoms with Crippen LogP contribution in [0.2, 0.25) is 0 Å². The Kier molecular flexibility index (Phi) is 5.23. The molecule has 1 atom stereocenters. The van der Waals surface area contributed by atoms with Gasteiger partial charge in [0.1, 0.15) is 0 Å². The third-order valence-corrected chi connectivity index (χ3v) is 3.14. The Morgan fingerprint density at radius 3 is 3.17 bits per heavy atom. The second kappa shape index (κ2) is 5.97. The Bertz CT molecular complexity index is 154. The number of alkyl halides is 1. The smallest absolute Gasteiger partial charge is 0.0781 e. The molecule has 12 heavy (non-hydrogen) atoms. The van der Waals surface area contributed by atoms with Crippen molar-refractivity contribution in [3.8, 4) is 0 Å². The van der Waals surface area contributed by atoms with Crippen molar-refractivity contribution in [2.24, 2.45) is 0 Å². The van der Waals surface area contributed by atoms with Gasteiger partial charge >= 0.3 is 0 Å². The molecule has 1 nitrogen and oxygen atoms in total. The molecular weight excluding hydrogens is 263 g/mol. The Hall–Kier alpha value is 0.430. The van der Waals surface area contributed by atoms with Crippen molar-refractivity contribution in [1.82, 2.24) is 0 Å². The van der Waals surface area contributed by atoms with Crippen LogP contribution in [0.15, 0.2) is 11.6 Å². The lowest BCUT2D eigenvalue weighted by Gasteiger charge is -2.22. The van der Waals surface area contributed by atoms with Gasteiger partial charge in [0.25, 0.3) is 0 Å². The van der Waals surface area contributed by atoms with Crippen LogP contribution in [0.25, 0.3) is 0 Å². The summed E-state index contributed by atoms with van der Waals surface area (Å²) < 4.78 is 6.69. The third kappa shape index (κ3) is 3.05. The lowest BCUT2D eigenvalue weighted by molar-refractivity contribution is 0.115. The molecule has 0 aliphatic heterocycles. The number of allylic oxidation sites excluding steroid dienone is 1. The summed E-state index contributed by atoms with van der Waals surface area (Å²) in [6.07, 6.45) is 9.13. The first-order valence-electron chi connectivity index (χ1n) is 4.66. The summed E-state index contributed by atoms with van der Waals surface area (Å²) in [5, 5.41) is 0. The molecule has 70 valence electrons. The second-order valence-electron chi connectivity index (χ2n) is 3.23. The Labute approximate surface area is 88.7 Å². The zero-order chi connectivity index (χ0) is 8.81. The fourth-order valence-corrected chi connectivity index (χ4v) is 2.09. The summed E-state index contributed by atoms with van der Waals surface area (Å²) in [5.41, 5.74) is 1.54. The highest BCUT2D eigenvalue weighted by Gasteiger charge is 2.15. The minimum Gasteiger partial charge on any atom is -0.377 e. The summed E-state index contributed by atoms with van der Waals surface area (Å²) in [5.74, 6) is 0. The Morgan fingerprint density at radius 2 is 2.50 bits per heavy atom. The lowest BCUT2D eigenvalue weighted by atomic mass is 9.93. The highest BCUT2D eigenvalue weighted by molar-refractivity contribution is 14.1. The molecule has 1 rings (SSSR count). The van der Waals surface area contributed by atoms with Gasteiger partial charge in [-0.05, 0) is 42.1 Å². The quantitative estimate of drug-likeness (QED) is 0.436. The lowest BCUT2D eigenvalue weighted by Crippen LogP contribution is -2.17. The van der Waals surface area contributed by atoms with Gasteiger partial charge in [-0.15, -0.1) is 0 Å². The predicted molar refractivity (Wildman–Crippen MR) is 60.9 cm³/mol. The fourth-order valence-electron chi connectivity index (χ4n) is 1.71. The third-order valence-electron chi connectivity index (χ3n) is 2.37. The van der Waals surface area contributed by atoms with Crippen LogP contribution in [0.3, 0.4) is 0 Å². The molecule has 0 aromatic heterocycles. The van der Waals surface area contributed by atoms with Crippen molar-refractivity contribution in [3.63, 3.8) is 0 Å². The Balaban J connectivity index is 2.40. The van der Waals surface area contributed by atoms with Gasteiger partial charge in [-0.1, -0.05) is 28.7 Å². The topological polar surface area (TPSA) is 9.23 Å². The van der Waals surface area contributed by atoms with Crippen LogP contribution in [0.5, 0.6) is 0 Å². The summed E-state index contributed by atoms with van der Waals surface area (Å²) in [6.45, 7) is 0. The number of hydrogen-bond donors (Lipinski definition) is 0. The number of methoxy groups -OCH3 is 1. The van der Waals surface area contributed by atoms with Crippen molar-refractivity contribution < 1.29 is 4.74 Å². The maximum atomic E-state index is 5.43. The predicted octanol–water partition coefficient (Wildman–Crippen LogP) is 3.33. The van der Waals surface area contributed by atoms with E-state index in [0.29, 0.717) is 6.10 Å². The van der Waals surface area contributed by atoms with E-state index in [9.17, 15) is 0 Å². The van der Waals surface area contributed by atoms with Crippen LogP contribution in [-0.4, -0.2) is 17.6 Å². The van der Waals surface area contributed by atoms with Crippen molar-refractivity contribution in [1.29, 1.82) is 0 Å². The SMILES string of the molecule is COC1CCCC=C1CCCI. The molecule has 0 saturated carbocycles. The molecule has 1 aliphatic carbocycles. The van der Waals surface area contributed by atoms with Crippen LogP contribution in [-0.2, 0) is 4.74 Å². The minimum absolute atomic E-state index is 0.432. The van der Waals surface area contributed by atoms with Gasteiger partial charge in [0, 0.05) is 7.11 Å². The molecular formula is C10H17IO. The number of hydrogen-bond acceptors (Lipinski definition) is 1. The van der Waals surface area contributed by atoms with Crippen LogP contribution in [0.1, 0.15) is 32.1 Å². The summed E-state index contributed by atoms with van der Waals surface area (Å²) >= 11 is 2.43. The van der Waals surface area contributed by atoms with Crippen molar-refractivity contribution in [2.75, 3.05) is 11.5 Å². The molecule has 2 heteroatoms. The van der Waals surface area contributed by atoms with Crippen molar-refractivity contribution >= 4 is 22.6 Å². The normalized spacial score (nSPS) is 23.8. The molecule has 0 saturated heterocycles. The first-order valence-corrected chi connectivity index (χ1v) is 6.18. The molecule has 0 spiro atoms. The standard InChI is InChI=1S/C10H17IO/c1-12-10-7-3-2-5-9(10)6-4-8-11/h5,10H,2-4,6-8H2,1H3. The molecule has 0 heterocycles. The first-order chi connectivity index (χ1) is 5.88. The summed E-state index contributed by atoms with van der Waals surface area (Å²) in [7, 11) is 1.83. The molecule has 0 aromatic rings. The highest BCUT2D eigenvalue weighted by Crippen LogP contribution is 2.24. The summed E-state index contributed by atoms with van der Waals surface area (Å²) in [6, 6.07) is 0. The van der Waals surface area contributed by atoms with Crippen molar-refractivity contribution in [2.45, 2.75) is 38.2 Å². The van der Waals surface area contributed by atoms with E-state index in [1.807, 2.05) is 7.11 Å². The monoisotopic (exact) mass is 280 g/mol. The van der Waals surface area contributed by atoms with E-state index in [2.05, 4.69) is 28.7 Å². The fraction of sp³-hybridized carbons (Fsp3) is 0.800. The number of rotatable bonds is 4. The van der Waals surface area contributed by atoms with Crippen LogP contribution >= 0.6 is 22.6 Å². The van der Waals surface area contributed by atoms with Gasteiger partial charge in [0.05, 0.1) is 6.10 Å². The second-order valence-corrected chi connectivity index (χ2v) is 4.31. The van der Waals surface area contributed by atoms with Gasteiger partial charge in [-0.3, -0.25) is 0 Å². The average Bonchev–Trinajstić information content (AvgIpc) is 2.15. The minimum atomic E-state index is 0.432. The maximum Gasteiger partial charge on any atom is 0.0781 e. The molecule has 0 N–H and O–H groups in total. The molecule has 0 amide bonds. The van der Waals surface area contributed by atoms with Crippen LogP contribution in [0, 0.1) is 0 Å². The van der Waals surface area contributed by atoms with Gasteiger partial charge in [-0.2, -0.15) is 0 Å². The maximum absolute atomic E-state index is 5.43. The molecule has 1 unspecified atom stereocenters. The van der Waals surface area contributed by atoms with E-state index in [-0.39, 0.29) is 0 Å². The van der Waals surface area contributed by atoms with Gasteiger partial charge in [0.2, 0.25) is 0 Å². The Morgan fingerprint density at radius 1 is 1.67 bits per heavy atom. The molecule has 0 radical (unpaired) electrons. The molecule has 0 aromatic carbocycles. The zero-order valence-electron chi connectivity index (χ0n) is 7.68. The molecule has 0 bridgehead atoms. The van der Waals surface area contributed by atoms with Gasteiger partial charge < -0.3 is 4.74 Å². The van der Waals surface area contributed by atoms with Crippen LogP contribution in [0.4, 0.5) is 0 Å². The van der Waals surface area contributed by atoms with Gasteiger partial charge in [-0.25, -0.2) is 0 Å². The van der Waals surface area contributed by atoms with E-state index in [1.54, 1.807) is 5.57 Å². The zero-order valence-corrected chi connectivity index (χ0v) is 9.84. The van der Waals surface area contributed by atoms with E-state index < -0.39 is 0 Å². The van der Waals surface area contributed by atoms with E-state index in [0.717, 1.165) is 0 Å². The van der Waals surface area contributed by atoms with Crippen molar-refractivity contribution in [3.05, 3.63) is 11.6 Å². The van der Waals surface area contributed by atoms with E-state index in [4.69, 9.17) is 4.74 Å². The van der Waals surface area contributed by atoms with Gasteiger partial charge in [0.15, 0.2) is 0 Å². The number of halogens is 1.